The summed E-state index contributed by atoms with van der Waals surface area (Å²) in [6.07, 6.45) is 5.82. The molecule has 4 heterocycles. The van der Waals surface area contributed by atoms with Crippen molar-refractivity contribution in [2.24, 2.45) is 5.41 Å². The van der Waals surface area contributed by atoms with E-state index in [2.05, 4.69) is 28.6 Å². The molecule has 1 aromatic carbocycles. The predicted octanol–water partition coefficient (Wildman–Crippen LogP) is 5.54. The number of thiazole rings is 1. The lowest BCUT2D eigenvalue weighted by atomic mass is 9.79. The van der Waals surface area contributed by atoms with Crippen molar-refractivity contribution in [3.8, 4) is 17.2 Å². The van der Waals surface area contributed by atoms with E-state index in [0.29, 0.717) is 48.6 Å². The van der Waals surface area contributed by atoms with E-state index in [0.717, 1.165) is 46.8 Å². The van der Waals surface area contributed by atoms with Gasteiger partial charge in [-0.2, -0.15) is 5.26 Å². The lowest BCUT2D eigenvalue weighted by Gasteiger charge is -2.47. The Balaban J connectivity index is 1.49. The van der Waals surface area contributed by atoms with Crippen molar-refractivity contribution in [1.29, 1.82) is 5.26 Å². The third-order valence-corrected chi connectivity index (χ3v) is 9.17. The van der Waals surface area contributed by atoms with Crippen LogP contribution in [-0.2, 0) is 11.2 Å². The van der Waals surface area contributed by atoms with Crippen LogP contribution in [0.2, 0.25) is 0 Å². The second-order valence-electron chi connectivity index (χ2n) is 10.6. The first-order valence-electron chi connectivity index (χ1n) is 12.8. The SMILES string of the molecule is C=CC(=O)N1CC2(CCN(c3nc4c(c(-c5c(C)cccc5F)c3C#N)CCC(c3scnc3C)=C4)C2)C1. The van der Waals surface area contributed by atoms with Crippen LogP contribution in [0.1, 0.15) is 45.8 Å². The van der Waals surface area contributed by atoms with Crippen LogP contribution >= 0.6 is 11.3 Å². The van der Waals surface area contributed by atoms with Crippen molar-refractivity contribution in [1.82, 2.24) is 14.9 Å². The van der Waals surface area contributed by atoms with E-state index in [1.54, 1.807) is 17.4 Å². The highest BCUT2D eigenvalue weighted by molar-refractivity contribution is 7.11. The summed E-state index contributed by atoms with van der Waals surface area (Å²) in [6.45, 7) is 10.3. The fraction of sp³-hybridized carbons (Fsp3) is 0.333. The van der Waals surface area contributed by atoms with Gasteiger partial charge in [-0.25, -0.2) is 14.4 Å². The number of hydrogen-bond donors (Lipinski definition) is 0. The lowest BCUT2D eigenvalue weighted by molar-refractivity contribution is -0.136. The van der Waals surface area contributed by atoms with Crippen LogP contribution < -0.4 is 4.90 Å². The van der Waals surface area contributed by atoms with Crippen molar-refractivity contribution in [2.45, 2.75) is 33.1 Å². The van der Waals surface area contributed by atoms with Gasteiger partial charge in [-0.15, -0.1) is 11.3 Å². The number of rotatable bonds is 4. The molecule has 1 spiro atoms. The first kappa shape index (κ1) is 24.5. The summed E-state index contributed by atoms with van der Waals surface area (Å²) in [5, 5.41) is 10.5. The number of halogens is 1. The molecule has 6 rings (SSSR count). The van der Waals surface area contributed by atoms with E-state index >= 15 is 4.39 Å². The van der Waals surface area contributed by atoms with Gasteiger partial charge in [0.1, 0.15) is 23.3 Å². The lowest BCUT2D eigenvalue weighted by Crippen LogP contribution is -2.59. The molecule has 0 atom stereocenters. The molecular weight excluding hydrogens is 497 g/mol. The first-order chi connectivity index (χ1) is 18.3. The number of nitrogens with zero attached hydrogens (tertiary/aromatic N) is 5. The molecule has 38 heavy (non-hydrogen) atoms. The van der Waals surface area contributed by atoms with Crippen molar-refractivity contribution in [2.75, 3.05) is 31.1 Å². The Labute approximate surface area is 225 Å². The molecule has 2 aromatic heterocycles. The standard InChI is InChI=1S/C30H28FN5OS/c1-4-25(37)36-15-30(16-36)10-11-35(14-30)29-22(13-32)27(26-18(2)6-5-7-23(26)31)21-9-8-20(12-24(21)34-29)28-19(3)33-17-38-28/h4-7,12,17H,1,8-11,14-16H2,2-3H3. The van der Waals surface area contributed by atoms with Crippen LogP contribution in [0.25, 0.3) is 22.8 Å². The molecule has 2 aliphatic heterocycles. The Morgan fingerprint density at radius 1 is 1.24 bits per heavy atom. The number of hydrogen-bond acceptors (Lipinski definition) is 6. The second-order valence-corrected chi connectivity index (χ2v) is 11.5. The molecule has 1 aliphatic carbocycles. The fourth-order valence-electron chi connectivity index (χ4n) is 6.27. The van der Waals surface area contributed by atoms with E-state index in [4.69, 9.17) is 4.98 Å². The summed E-state index contributed by atoms with van der Waals surface area (Å²) in [4.78, 5) is 26.7. The summed E-state index contributed by atoms with van der Waals surface area (Å²) in [5.74, 6) is 0.226. The third-order valence-electron chi connectivity index (χ3n) is 8.16. The number of fused-ring (bicyclic) bond motifs is 1. The van der Waals surface area contributed by atoms with E-state index in [1.165, 1.54) is 17.7 Å². The van der Waals surface area contributed by atoms with E-state index in [1.807, 2.05) is 30.3 Å². The van der Waals surface area contributed by atoms with Crippen molar-refractivity contribution in [3.05, 3.63) is 75.1 Å². The minimum atomic E-state index is -0.329. The maximum Gasteiger partial charge on any atom is 0.245 e. The molecule has 3 aliphatic rings. The zero-order chi connectivity index (χ0) is 26.6. The van der Waals surface area contributed by atoms with Crippen LogP contribution in [-0.4, -0.2) is 47.0 Å². The zero-order valence-electron chi connectivity index (χ0n) is 21.6. The van der Waals surface area contributed by atoms with Gasteiger partial charge in [0.25, 0.3) is 0 Å². The average Bonchev–Trinajstić information content (AvgIpc) is 3.53. The monoisotopic (exact) mass is 525 g/mol. The number of pyridine rings is 1. The van der Waals surface area contributed by atoms with Crippen LogP contribution in [0.4, 0.5) is 10.2 Å². The topological polar surface area (TPSA) is 73.1 Å². The van der Waals surface area contributed by atoms with Gasteiger partial charge < -0.3 is 9.80 Å². The first-order valence-corrected chi connectivity index (χ1v) is 13.7. The fourth-order valence-corrected chi connectivity index (χ4v) is 7.12. The van der Waals surface area contributed by atoms with Crippen molar-refractivity contribution in [3.63, 3.8) is 0 Å². The molecule has 1 amide bonds. The summed E-state index contributed by atoms with van der Waals surface area (Å²) in [6, 6.07) is 7.47. The third kappa shape index (κ3) is 3.84. The van der Waals surface area contributed by atoms with Gasteiger partial charge in [-0.3, -0.25) is 4.79 Å². The molecule has 0 radical (unpaired) electrons. The largest absolute Gasteiger partial charge is 0.355 e. The molecule has 2 saturated heterocycles. The number of likely N-dealkylation sites (tertiary alicyclic amines) is 1. The summed E-state index contributed by atoms with van der Waals surface area (Å²) in [7, 11) is 0. The molecule has 0 N–H and O–H groups in total. The Kier molecular flexibility index (Phi) is 5.92. The van der Waals surface area contributed by atoms with Crippen LogP contribution in [0.5, 0.6) is 0 Å². The number of nitriles is 1. The molecule has 0 unspecified atom stereocenters. The Bertz CT molecular complexity index is 1540. The predicted molar refractivity (Wildman–Crippen MR) is 148 cm³/mol. The molecule has 2 fully saturated rings. The van der Waals surface area contributed by atoms with Crippen molar-refractivity contribution < 1.29 is 9.18 Å². The van der Waals surface area contributed by atoms with Gasteiger partial charge in [0.05, 0.1) is 21.8 Å². The number of benzene rings is 1. The van der Waals surface area contributed by atoms with Gasteiger partial charge in [-0.05, 0) is 68.0 Å². The van der Waals surface area contributed by atoms with Crippen LogP contribution in [0, 0.1) is 36.4 Å². The number of aromatic nitrogens is 2. The van der Waals surface area contributed by atoms with E-state index in [-0.39, 0.29) is 17.1 Å². The Morgan fingerprint density at radius 2 is 2.05 bits per heavy atom. The zero-order valence-corrected chi connectivity index (χ0v) is 22.4. The smallest absolute Gasteiger partial charge is 0.245 e. The minimum absolute atomic E-state index is 0.0161. The number of allylic oxidation sites excluding steroid dienone is 1. The highest BCUT2D eigenvalue weighted by Gasteiger charge is 2.49. The van der Waals surface area contributed by atoms with Crippen LogP contribution in [0.15, 0.2) is 36.4 Å². The molecule has 192 valence electrons. The van der Waals surface area contributed by atoms with Gasteiger partial charge in [0.2, 0.25) is 5.91 Å². The molecular formula is C30H28FN5OS. The summed E-state index contributed by atoms with van der Waals surface area (Å²) >= 11 is 1.62. The average molecular weight is 526 g/mol. The summed E-state index contributed by atoms with van der Waals surface area (Å²) in [5.41, 5.74) is 8.09. The number of carbonyl (C=O) groups excluding carboxylic acids is 1. The highest BCUT2D eigenvalue weighted by atomic mass is 32.1. The maximum absolute atomic E-state index is 15.4. The van der Waals surface area contributed by atoms with Gasteiger partial charge in [-0.1, -0.05) is 18.7 Å². The van der Waals surface area contributed by atoms with E-state index in [9.17, 15) is 10.1 Å². The normalized spacial score (nSPS) is 17.6. The molecule has 0 bridgehead atoms. The van der Waals surface area contributed by atoms with Gasteiger partial charge in [0, 0.05) is 42.7 Å². The van der Waals surface area contributed by atoms with Crippen molar-refractivity contribution >= 4 is 34.7 Å². The molecule has 0 saturated carbocycles. The minimum Gasteiger partial charge on any atom is -0.355 e. The molecule has 6 nitrogen and oxygen atoms in total. The van der Waals surface area contributed by atoms with E-state index < -0.39 is 0 Å². The number of carbonyl (C=O) groups is 1. The molecule has 8 heteroatoms. The van der Waals surface area contributed by atoms with Gasteiger partial charge in [0.15, 0.2) is 0 Å². The Morgan fingerprint density at radius 3 is 2.74 bits per heavy atom. The number of anilines is 1. The molecule has 3 aromatic rings. The van der Waals surface area contributed by atoms with Gasteiger partial charge >= 0.3 is 0 Å². The maximum atomic E-state index is 15.4. The second kappa shape index (κ2) is 9.17. The van der Waals surface area contributed by atoms with Crippen LogP contribution in [0.3, 0.4) is 0 Å². The highest BCUT2D eigenvalue weighted by Crippen LogP contribution is 2.46. The number of aryl methyl sites for hydroxylation is 2. The number of amides is 1. The Hall–Kier alpha value is -3.83. The quantitative estimate of drug-likeness (QED) is 0.418. The summed E-state index contributed by atoms with van der Waals surface area (Å²) < 4.78 is 15.4.